The third-order valence-corrected chi connectivity index (χ3v) is 5.46. The second-order valence-corrected chi connectivity index (χ2v) is 7.82. The van der Waals surface area contributed by atoms with Gasteiger partial charge in [0.2, 0.25) is 5.88 Å². The van der Waals surface area contributed by atoms with Crippen LogP contribution in [0, 0.1) is 11.6 Å². The summed E-state index contributed by atoms with van der Waals surface area (Å²) in [7, 11) is 1.84. The SMILES string of the molecule is C[C@H]1CCn2c(cc(OCc3cc(F)c(Oc4cncc(C(F)(F)F)c4)c(F)c3)nc2=O)N1C. The number of benzene rings is 1. The molecule has 12 heteroatoms. The summed E-state index contributed by atoms with van der Waals surface area (Å²) < 4.78 is 79.4. The van der Waals surface area contributed by atoms with Gasteiger partial charge in [-0.3, -0.25) is 9.55 Å². The average molecular weight is 482 g/mol. The Balaban J connectivity index is 1.51. The molecule has 0 N–H and O–H groups in total. The van der Waals surface area contributed by atoms with Crippen molar-refractivity contribution in [1.82, 2.24) is 14.5 Å². The summed E-state index contributed by atoms with van der Waals surface area (Å²) in [5.74, 6) is -3.05. The van der Waals surface area contributed by atoms with Crippen molar-refractivity contribution in [2.45, 2.75) is 38.7 Å². The summed E-state index contributed by atoms with van der Waals surface area (Å²) in [6, 6.07) is 4.19. The molecule has 2 aromatic heterocycles. The Bertz CT molecular complexity index is 1260. The van der Waals surface area contributed by atoms with Crippen molar-refractivity contribution < 1.29 is 31.4 Å². The van der Waals surface area contributed by atoms with E-state index in [0.717, 1.165) is 24.8 Å². The fourth-order valence-corrected chi connectivity index (χ4v) is 3.48. The lowest BCUT2D eigenvalue weighted by atomic mass is 10.1. The van der Waals surface area contributed by atoms with Crippen LogP contribution in [0.5, 0.6) is 17.4 Å². The molecule has 0 fully saturated rings. The number of nitrogens with zero attached hydrogens (tertiary/aromatic N) is 4. The van der Waals surface area contributed by atoms with Crippen molar-refractivity contribution in [2.24, 2.45) is 0 Å². The molecule has 7 nitrogen and oxygen atoms in total. The molecule has 0 unspecified atom stereocenters. The van der Waals surface area contributed by atoms with E-state index in [1.807, 2.05) is 18.9 Å². The van der Waals surface area contributed by atoms with E-state index in [9.17, 15) is 26.7 Å². The highest BCUT2D eigenvalue weighted by molar-refractivity contribution is 5.44. The van der Waals surface area contributed by atoms with Gasteiger partial charge in [-0.05, 0) is 37.1 Å². The summed E-state index contributed by atoms with van der Waals surface area (Å²) in [5.41, 5.74) is -1.56. The van der Waals surface area contributed by atoms with E-state index >= 15 is 0 Å². The first-order valence-corrected chi connectivity index (χ1v) is 10.2. The molecule has 0 amide bonds. The van der Waals surface area contributed by atoms with Gasteiger partial charge in [-0.2, -0.15) is 18.2 Å². The van der Waals surface area contributed by atoms with Gasteiger partial charge in [0, 0.05) is 31.9 Å². The lowest BCUT2D eigenvalue weighted by Gasteiger charge is -2.34. The van der Waals surface area contributed by atoms with E-state index in [2.05, 4.69) is 9.97 Å². The highest BCUT2D eigenvalue weighted by Crippen LogP contribution is 2.34. The molecule has 0 spiro atoms. The molecule has 180 valence electrons. The summed E-state index contributed by atoms with van der Waals surface area (Å²) >= 11 is 0. The largest absolute Gasteiger partial charge is 0.473 e. The number of hydrogen-bond acceptors (Lipinski definition) is 6. The summed E-state index contributed by atoms with van der Waals surface area (Å²) in [5, 5.41) is 0. The minimum atomic E-state index is -4.69. The molecule has 0 aliphatic carbocycles. The van der Waals surface area contributed by atoms with Gasteiger partial charge in [-0.25, -0.2) is 13.6 Å². The number of alkyl halides is 3. The van der Waals surface area contributed by atoms with Crippen LogP contribution in [0.2, 0.25) is 0 Å². The average Bonchev–Trinajstić information content (AvgIpc) is 2.77. The Hall–Kier alpha value is -3.70. The van der Waals surface area contributed by atoms with E-state index in [1.165, 1.54) is 4.57 Å². The van der Waals surface area contributed by atoms with E-state index in [-0.39, 0.29) is 24.1 Å². The Morgan fingerprint density at radius 1 is 1.12 bits per heavy atom. The van der Waals surface area contributed by atoms with Gasteiger partial charge < -0.3 is 14.4 Å². The molecule has 1 aliphatic rings. The van der Waals surface area contributed by atoms with Crippen LogP contribution in [0.4, 0.5) is 27.8 Å². The number of pyridine rings is 1. The molecule has 3 heterocycles. The van der Waals surface area contributed by atoms with E-state index in [4.69, 9.17) is 9.47 Å². The summed E-state index contributed by atoms with van der Waals surface area (Å²) in [4.78, 5) is 21.4. The number of aromatic nitrogens is 3. The van der Waals surface area contributed by atoms with E-state index < -0.39 is 40.6 Å². The highest BCUT2D eigenvalue weighted by atomic mass is 19.4. The van der Waals surface area contributed by atoms with Gasteiger partial charge in [0.15, 0.2) is 17.4 Å². The second-order valence-electron chi connectivity index (χ2n) is 7.82. The molecule has 3 aromatic rings. The van der Waals surface area contributed by atoms with E-state index in [0.29, 0.717) is 24.6 Å². The zero-order valence-electron chi connectivity index (χ0n) is 18.1. The Morgan fingerprint density at radius 3 is 2.50 bits per heavy atom. The van der Waals surface area contributed by atoms with Crippen LogP contribution < -0.4 is 20.1 Å². The van der Waals surface area contributed by atoms with Crippen LogP contribution >= 0.6 is 0 Å². The molecular weight excluding hydrogens is 463 g/mol. The van der Waals surface area contributed by atoms with Crippen molar-refractivity contribution in [1.29, 1.82) is 0 Å². The minimum Gasteiger partial charge on any atom is -0.473 e. The Labute approximate surface area is 190 Å². The van der Waals surface area contributed by atoms with Crippen LogP contribution in [-0.2, 0) is 19.3 Å². The lowest BCUT2D eigenvalue weighted by Crippen LogP contribution is -2.41. The first-order valence-electron chi connectivity index (χ1n) is 10.2. The number of fused-ring (bicyclic) bond motifs is 1. The fourth-order valence-electron chi connectivity index (χ4n) is 3.48. The molecule has 34 heavy (non-hydrogen) atoms. The maximum Gasteiger partial charge on any atom is 0.418 e. The van der Waals surface area contributed by atoms with Gasteiger partial charge in [-0.15, -0.1) is 0 Å². The molecule has 1 aliphatic heterocycles. The molecule has 0 radical (unpaired) electrons. The lowest BCUT2D eigenvalue weighted by molar-refractivity contribution is -0.137. The Morgan fingerprint density at radius 2 is 1.82 bits per heavy atom. The van der Waals surface area contributed by atoms with Crippen LogP contribution in [-0.4, -0.2) is 27.6 Å². The third kappa shape index (κ3) is 4.80. The third-order valence-electron chi connectivity index (χ3n) is 5.46. The maximum absolute atomic E-state index is 14.5. The number of ether oxygens (including phenoxy) is 2. The predicted octanol–water partition coefficient (Wildman–Crippen LogP) is 4.54. The van der Waals surface area contributed by atoms with Gasteiger partial charge in [0.1, 0.15) is 18.2 Å². The number of rotatable bonds is 5. The van der Waals surface area contributed by atoms with Gasteiger partial charge in [0.25, 0.3) is 0 Å². The van der Waals surface area contributed by atoms with Gasteiger partial charge in [0.05, 0.1) is 11.8 Å². The van der Waals surface area contributed by atoms with Crippen LogP contribution in [0.3, 0.4) is 0 Å². The van der Waals surface area contributed by atoms with Crippen molar-refractivity contribution in [3.8, 4) is 17.4 Å². The predicted molar refractivity (Wildman–Crippen MR) is 111 cm³/mol. The Kier molecular flexibility index (Phi) is 6.15. The topological polar surface area (TPSA) is 69.5 Å². The zero-order chi connectivity index (χ0) is 24.6. The summed E-state index contributed by atoms with van der Waals surface area (Å²) in [6.45, 7) is 2.22. The van der Waals surface area contributed by atoms with Crippen molar-refractivity contribution in [3.05, 3.63) is 69.9 Å². The second kappa shape index (κ2) is 8.92. The first kappa shape index (κ1) is 23.5. The molecule has 0 saturated carbocycles. The zero-order valence-corrected chi connectivity index (χ0v) is 18.1. The molecule has 1 atom stereocenters. The molecule has 0 saturated heterocycles. The van der Waals surface area contributed by atoms with Crippen LogP contribution in [0.1, 0.15) is 24.5 Å². The number of anilines is 1. The van der Waals surface area contributed by atoms with Gasteiger partial charge in [-0.1, -0.05) is 0 Å². The van der Waals surface area contributed by atoms with Gasteiger partial charge >= 0.3 is 11.9 Å². The monoisotopic (exact) mass is 482 g/mol. The fraction of sp³-hybridized carbons (Fsp3) is 0.318. The quantitative estimate of drug-likeness (QED) is 0.498. The number of halogens is 5. The summed E-state index contributed by atoms with van der Waals surface area (Å²) in [6.07, 6.45) is -2.43. The van der Waals surface area contributed by atoms with Crippen molar-refractivity contribution in [3.63, 3.8) is 0 Å². The highest BCUT2D eigenvalue weighted by Gasteiger charge is 2.31. The molecule has 0 bridgehead atoms. The molecule has 4 rings (SSSR count). The first-order chi connectivity index (χ1) is 16.0. The van der Waals surface area contributed by atoms with Crippen molar-refractivity contribution in [2.75, 3.05) is 11.9 Å². The number of hydrogen-bond donors (Lipinski definition) is 0. The van der Waals surface area contributed by atoms with Crippen LogP contribution in [0.15, 0.2) is 41.5 Å². The minimum absolute atomic E-state index is 0.00613. The van der Waals surface area contributed by atoms with Crippen molar-refractivity contribution >= 4 is 5.82 Å². The van der Waals surface area contributed by atoms with E-state index in [1.54, 1.807) is 6.07 Å². The standard InChI is InChI=1S/C22H19F5N4O3/c1-12-3-4-31-19(30(12)2)8-18(29-21(31)32)33-11-13-5-16(23)20(17(24)6-13)34-15-7-14(9-28-10-15)22(25,26)27/h5-10,12H,3-4,11H2,1-2H3/t12-/m0/s1. The maximum atomic E-state index is 14.5. The van der Waals surface area contributed by atoms with Crippen LogP contribution in [0.25, 0.3) is 0 Å². The molecular formula is C22H19F5N4O3. The molecule has 1 aromatic carbocycles. The smallest absolute Gasteiger partial charge is 0.418 e. The normalized spacial score (nSPS) is 15.7.